The Morgan fingerprint density at radius 3 is 2.26 bits per heavy atom. The molecule has 4 rings (SSSR count). The number of aliphatic carboxylic acids is 1. The van der Waals surface area contributed by atoms with Gasteiger partial charge in [-0.2, -0.15) is 0 Å². The third-order valence-electron chi connectivity index (χ3n) is 6.55. The van der Waals surface area contributed by atoms with E-state index >= 15 is 0 Å². The van der Waals surface area contributed by atoms with E-state index in [2.05, 4.69) is 40.8 Å². The predicted octanol–water partition coefficient (Wildman–Crippen LogP) is 3.68. The van der Waals surface area contributed by atoms with Crippen molar-refractivity contribution in [2.45, 2.75) is 44.1 Å². The summed E-state index contributed by atoms with van der Waals surface area (Å²) < 4.78 is 5.67. The van der Waals surface area contributed by atoms with Crippen LogP contribution in [0.3, 0.4) is 0 Å². The Kier molecular flexibility index (Phi) is 7.48. The second kappa shape index (κ2) is 10.9. The molecule has 2 aromatic rings. The molecule has 2 atom stereocenters. The smallest absolute Gasteiger partial charge is 0.407 e. The van der Waals surface area contributed by atoms with Crippen LogP contribution in [0.4, 0.5) is 4.79 Å². The third kappa shape index (κ3) is 5.40. The fraction of sp³-hybridized carbons (Fsp3) is 0.370. The van der Waals surface area contributed by atoms with Gasteiger partial charge in [-0.15, -0.1) is 0 Å². The van der Waals surface area contributed by atoms with Crippen LogP contribution >= 0.6 is 0 Å². The molecule has 0 saturated heterocycles. The van der Waals surface area contributed by atoms with E-state index in [0.717, 1.165) is 30.4 Å². The second-order valence-corrected chi connectivity index (χ2v) is 8.65. The molecule has 2 aliphatic carbocycles. The van der Waals surface area contributed by atoms with Crippen LogP contribution in [0.25, 0.3) is 11.1 Å². The summed E-state index contributed by atoms with van der Waals surface area (Å²) in [6.07, 6.45) is 3.59. The van der Waals surface area contributed by atoms with E-state index in [1.54, 1.807) is 0 Å². The minimum atomic E-state index is -1.24. The Hall–Kier alpha value is -3.79. The van der Waals surface area contributed by atoms with Gasteiger partial charge >= 0.3 is 12.1 Å². The molecule has 2 amide bonds. The lowest BCUT2D eigenvalue weighted by Gasteiger charge is -2.25. The predicted molar refractivity (Wildman–Crippen MR) is 127 cm³/mol. The van der Waals surface area contributed by atoms with E-state index in [9.17, 15) is 14.4 Å². The molecule has 2 aliphatic rings. The van der Waals surface area contributed by atoms with Crippen LogP contribution in [0.2, 0.25) is 0 Å². The number of nitrogens with one attached hydrogen (secondary N) is 2. The Morgan fingerprint density at radius 1 is 0.941 bits per heavy atom. The van der Waals surface area contributed by atoms with E-state index in [1.807, 2.05) is 30.2 Å². The van der Waals surface area contributed by atoms with Gasteiger partial charge in [0.2, 0.25) is 5.91 Å². The topological polar surface area (TPSA) is 105 Å². The fourth-order valence-electron chi connectivity index (χ4n) is 4.97. The number of ether oxygens (including phenoxy) is 1. The van der Waals surface area contributed by atoms with E-state index in [1.165, 1.54) is 11.1 Å². The van der Waals surface area contributed by atoms with Crippen LogP contribution in [-0.2, 0) is 14.3 Å². The number of amides is 2. The quantitative estimate of drug-likeness (QED) is 0.466. The summed E-state index contributed by atoms with van der Waals surface area (Å²) >= 11 is 0. The molecule has 7 heteroatoms. The molecule has 0 aromatic heterocycles. The summed E-state index contributed by atoms with van der Waals surface area (Å²) in [5.74, 6) is 2.47. The van der Waals surface area contributed by atoms with Crippen molar-refractivity contribution in [3.63, 3.8) is 0 Å². The van der Waals surface area contributed by atoms with Crippen LogP contribution in [0, 0.1) is 17.8 Å². The van der Waals surface area contributed by atoms with Crippen molar-refractivity contribution in [2.24, 2.45) is 5.92 Å². The molecule has 1 fully saturated rings. The summed E-state index contributed by atoms with van der Waals surface area (Å²) in [5.41, 5.74) is 4.62. The van der Waals surface area contributed by atoms with Gasteiger partial charge in [0.05, 0.1) is 12.5 Å². The molecular formula is C27H28N2O5. The maximum Gasteiger partial charge on any atom is 0.407 e. The van der Waals surface area contributed by atoms with Gasteiger partial charge in [-0.05, 0) is 35.1 Å². The number of hydrogen-bond donors (Lipinski definition) is 3. The van der Waals surface area contributed by atoms with E-state index in [-0.39, 0.29) is 31.0 Å². The number of rotatable bonds is 5. The van der Waals surface area contributed by atoms with Crippen molar-refractivity contribution in [3.05, 3.63) is 59.7 Å². The third-order valence-corrected chi connectivity index (χ3v) is 6.55. The van der Waals surface area contributed by atoms with E-state index < -0.39 is 18.0 Å². The fourth-order valence-corrected chi connectivity index (χ4v) is 4.97. The van der Waals surface area contributed by atoms with Gasteiger partial charge in [-0.1, -0.05) is 73.7 Å². The molecule has 0 radical (unpaired) electrons. The lowest BCUT2D eigenvalue weighted by atomic mass is 9.94. The lowest BCUT2D eigenvalue weighted by molar-refractivity contribution is -0.130. The second-order valence-electron chi connectivity index (χ2n) is 8.65. The van der Waals surface area contributed by atoms with Crippen molar-refractivity contribution in [3.8, 4) is 23.0 Å². The van der Waals surface area contributed by atoms with Crippen molar-refractivity contribution in [1.29, 1.82) is 0 Å². The average molecular weight is 461 g/mol. The van der Waals surface area contributed by atoms with Gasteiger partial charge in [0.1, 0.15) is 6.61 Å². The van der Waals surface area contributed by atoms with Gasteiger partial charge in [0.25, 0.3) is 0 Å². The maximum atomic E-state index is 12.8. The molecule has 34 heavy (non-hydrogen) atoms. The number of alkyl carbamates (subject to hydrolysis) is 1. The van der Waals surface area contributed by atoms with Gasteiger partial charge in [0, 0.05) is 17.9 Å². The minimum absolute atomic E-state index is 0.0285. The molecule has 3 N–H and O–H groups in total. The molecule has 0 unspecified atom stereocenters. The zero-order chi connectivity index (χ0) is 23.9. The number of fused-ring (bicyclic) bond motifs is 3. The van der Waals surface area contributed by atoms with Crippen molar-refractivity contribution in [2.75, 3.05) is 13.2 Å². The summed E-state index contributed by atoms with van der Waals surface area (Å²) in [4.78, 5) is 36.0. The Bertz CT molecular complexity index is 1090. The van der Waals surface area contributed by atoms with Crippen molar-refractivity contribution < 1.29 is 24.2 Å². The average Bonchev–Trinajstić information content (AvgIpc) is 2.96. The van der Waals surface area contributed by atoms with Crippen molar-refractivity contribution in [1.82, 2.24) is 10.6 Å². The number of carboxylic acids is 1. The standard InChI is InChI=1S/C27H28N2O5/c30-25(31)15-8-16-28-26(32)22-13-2-1-3-14-24(22)29-27(33)34-17-23-20-11-6-4-9-18(20)19-10-5-7-12-21(19)23/h4-7,9-12,22-24H,1-3,13-14,16-17H2,(H,28,32)(H,29,33)(H,30,31)/t22-,24+/m1/s1. The first-order valence-corrected chi connectivity index (χ1v) is 11.7. The van der Waals surface area contributed by atoms with Crippen LogP contribution in [0.15, 0.2) is 48.5 Å². The molecule has 0 spiro atoms. The number of hydrogen-bond acceptors (Lipinski definition) is 4. The summed E-state index contributed by atoms with van der Waals surface area (Å²) in [6, 6.07) is 16.0. The number of carbonyl (C=O) groups is 3. The highest BCUT2D eigenvalue weighted by molar-refractivity contribution is 5.86. The highest BCUT2D eigenvalue weighted by Crippen LogP contribution is 2.44. The number of carboxylic acid groups (broad SMARTS) is 1. The molecule has 0 bridgehead atoms. The van der Waals surface area contributed by atoms with E-state index in [0.29, 0.717) is 12.8 Å². The highest BCUT2D eigenvalue weighted by atomic mass is 16.5. The van der Waals surface area contributed by atoms with Crippen LogP contribution < -0.4 is 10.6 Å². The van der Waals surface area contributed by atoms with Crippen LogP contribution in [0.5, 0.6) is 0 Å². The Labute approximate surface area is 198 Å². The lowest BCUT2D eigenvalue weighted by Crippen LogP contribution is -2.46. The molecule has 2 aromatic carbocycles. The van der Waals surface area contributed by atoms with Gasteiger partial charge in [-0.25, -0.2) is 9.59 Å². The number of benzene rings is 2. The Balaban J connectivity index is 1.38. The van der Waals surface area contributed by atoms with Gasteiger partial charge in [-0.3, -0.25) is 4.79 Å². The zero-order valence-electron chi connectivity index (χ0n) is 18.9. The molecule has 176 valence electrons. The summed E-state index contributed by atoms with van der Waals surface area (Å²) in [5, 5.41) is 14.2. The first-order valence-electron chi connectivity index (χ1n) is 11.7. The van der Waals surface area contributed by atoms with Gasteiger partial charge in [0.15, 0.2) is 0 Å². The normalized spacial score (nSPS) is 18.9. The van der Waals surface area contributed by atoms with Crippen LogP contribution in [0.1, 0.15) is 49.1 Å². The zero-order valence-corrected chi connectivity index (χ0v) is 18.9. The number of carbonyl (C=O) groups excluding carboxylic acids is 2. The largest absolute Gasteiger partial charge is 0.472 e. The first-order chi connectivity index (χ1) is 16.5. The van der Waals surface area contributed by atoms with Crippen molar-refractivity contribution >= 4 is 18.0 Å². The van der Waals surface area contributed by atoms with Crippen LogP contribution in [-0.4, -0.2) is 42.3 Å². The monoisotopic (exact) mass is 460 g/mol. The minimum Gasteiger partial charge on any atom is -0.472 e. The molecule has 7 nitrogen and oxygen atoms in total. The molecule has 1 saturated carbocycles. The molecule has 0 aliphatic heterocycles. The van der Waals surface area contributed by atoms with Gasteiger partial charge < -0.3 is 20.5 Å². The maximum absolute atomic E-state index is 12.8. The molecular weight excluding hydrogens is 432 g/mol. The first kappa shape index (κ1) is 23.4. The molecule has 0 heterocycles. The van der Waals surface area contributed by atoms with E-state index in [4.69, 9.17) is 9.84 Å². The SMILES string of the molecule is O=C(O)C#CCNC(=O)[C@@H]1CCCCC[C@@H]1NC(=O)OCC1c2ccccc2-c2ccccc21. The summed E-state index contributed by atoms with van der Waals surface area (Å²) in [7, 11) is 0. The highest BCUT2D eigenvalue weighted by Gasteiger charge is 2.32. The summed E-state index contributed by atoms with van der Waals surface area (Å²) in [6.45, 7) is 0.174. The Morgan fingerprint density at radius 2 is 1.59 bits per heavy atom.